The van der Waals surface area contributed by atoms with Crippen molar-refractivity contribution in [2.24, 2.45) is 0 Å². The van der Waals surface area contributed by atoms with Crippen LogP contribution >= 0.6 is 27.5 Å². The van der Waals surface area contributed by atoms with Crippen molar-refractivity contribution in [3.63, 3.8) is 0 Å². The molecular formula is C11H14BrClN2O3S. The third-order valence-corrected chi connectivity index (χ3v) is 6.49. The van der Waals surface area contributed by atoms with Crippen LogP contribution in [0.25, 0.3) is 0 Å². The molecule has 0 aliphatic carbocycles. The summed E-state index contributed by atoms with van der Waals surface area (Å²) in [5.41, 5.74) is 5.99. The van der Waals surface area contributed by atoms with Crippen LogP contribution in [0.1, 0.15) is 12.8 Å². The van der Waals surface area contributed by atoms with Gasteiger partial charge in [-0.1, -0.05) is 11.6 Å². The Morgan fingerprint density at radius 3 is 2.84 bits per heavy atom. The molecule has 2 rings (SSSR count). The molecule has 0 unspecified atom stereocenters. The van der Waals surface area contributed by atoms with Gasteiger partial charge in [0.15, 0.2) is 0 Å². The first-order valence-electron chi connectivity index (χ1n) is 5.75. The van der Waals surface area contributed by atoms with Gasteiger partial charge in [0.2, 0.25) is 10.0 Å². The van der Waals surface area contributed by atoms with E-state index in [0.29, 0.717) is 17.4 Å². The van der Waals surface area contributed by atoms with Gasteiger partial charge in [-0.3, -0.25) is 0 Å². The molecule has 1 atom stereocenters. The average molecular weight is 370 g/mol. The number of nitrogen functional groups attached to an aromatic ring is 1. The van der Waals surface area contributed by atoms with Crippen LogP contribution < -0.4 is 5.73 Å². The number of aliphatic hydroxyl groups excluding tert-OH is 1. The molecule has 19 heavy (non-hydrogen) atoms. The highest BCUT2D eigenvalue weighted by atomic mass is 79.9. The van der Waals surface area contributed by atoms with Crippen molar-refractivity contribution in [3.8, 4) is 0 Å². The minimum atomic E-state index is -3.71. The maximum Gasteiger partial charge on any atom is 0.244 e. The van der Waals surface area contributed by atoms with Crippen LogP contribution in [-0.4, -0.2) is 37.0 Å². The second-order valence-electron chi connectivity index (χ2n) is 4.40. The van der Waals surface area contributed by atoms with Gasteiger partial charge in [-0.25, -0.2) is 8.42 Å². The number of hydrogen-bond donors (Lipinski definition) is 2. The number of anilines is 1. The first-order chi connectivity index (χ1) is 8.87. The van der Waals surface area contributed by atoms with Crippen molar-refractivity contribution >= 4 is 43.2 Å². The first kappa shape index (κ1) is 15.1. The molecule has 0 radical (unpaired) electrons. The van der Waals surface area contributed by atoms with E-state index in [9.17, 15) is 13.5 Å². The third-order valence-electron chi connectivity index (χ3n) is 3.15. The molecule has 1 aliphatic heterocycles. The zero-order valence-corrected chi connectivity index (χ0v) is 13.2. The zero-order valence-electron chi connectivity index (χ0n) is 10.0. The fraction of sp³-hybridized carbons (Fsp3) is 0.455. The number of hydrogen-bond acceptors (Lipinski definition) is 4. The summed E-state index contributed by atoms with van der Waals surface area (Å²) in [6.07, 6.45) is 1.39. The maximum absolute atomic E-state index is 12.6. The van der Waals surface area contributed by atoms with E-state index in [-0.39, 0.29) is 28.3 Å². The van der Waals surface area contributed by atoms with Crippen LogP contribution in [0.15, 0.2) is 21.5 Å². The third kappa shape index (κ3) is 2.75. The lowest BCUT2D eigenvalue weighted by Gasteiger charge is -2.23. The molecule has 1 fully saturated rings. The van der Waals surface area contributed by atoms with Gasteiger partial charge in [0.05, 0.1) is 16.0 Å². The fourth-order valence-corrected chi connectivity index (χ4v) is 5.15. The second-order valence-corrected chi connectivity index (χ2v) is 7.49. The van der Waals surface area contributed by atoms with E-state index in [2.05, 4.69) is 15.9 Å². The van der Waals surface area contributed by atoms with E-state index < -0.39 is 10.0 Å². The molecule has 1 aliphatic rings. The lowest BCUT2D eigenvalue weighted by Crippen LogP contribution is -2.37. The van der Waals surface area contributed by atoms with Crippen molar-refractivity contribution in [3.05, 3.63) is 21.6 Å². The minimum absolute atomic E-state index is 0.0397. The van der Waals surface area contributed by atoms with Crippen molar-refractivity contribution < 1.29 is 13.5 Å². The molecular weight excluding hydrogens is 356 g/mol. The van der Waals surface area contributed by atoms with Crippen LogP contribution in [0.2, 0.25) is 5.02 Å². The van der Waals surface area contributed by atoms with E-state index >= 15 is 0 Å². The molecule has 1 heterocycles. The molecule has 1 aromatic rings. The van der Waals surface area contributed by atoms with Crippen LogP contribution in [0, 0.1) is 0 Å². The molecule has 106 valence electrons. The molecule has 3 N–H and O–H groups in total. The highest BCUT2D eigenvalue weighted by Crippen LogP contribution is 2.35. The predicted octanol–water partition coefficient (Wildman–Crippen LogP) is 1.83. The normalized spacial score (nSPS) is 20.9. The van der Waals surface area contributed by atoms with E-state index in [1.807, 2.05) is 0 Å². The zero-order chi connectivity index (χ0) is 14.2. The topological polar surface area (TPSA) is 83.6 Å². The number of nitrogens with two attached hydrogens (primary N) is 1. The van der Waals surface area contributed by atoms with Crippen molar-refractivity contribution in [1.29, 1.82) is 0 Å². The van der Waals surface area contributed by atoms with Crippen molar-refractivity contribution in [2.75, 3.05) is 18.9 Å². The lowest BCUT2D eigenvalue weighted by molar-refractivity contribution is 0.213. The van der Waals surface area contributed by atoms with Gasteiger partial charge in [-0.05, 0) is 40.9 Å². The van der Waals surface area contributed by atoms with Gasteiger partial charge in [0, 0.05) is 23.3 Å². The Morgan fingerprint density at radius 1 is 1.53 bits per heavy atom. The Hall–Kier alpha value is -0.340. The highest BCUT2D eigenvalue weighted by Gasteiger charge is 2.36. The fourth-order valence-electron chi connectivity index (χ4n) is 2.21. The molecule has 1 saturated heterocycles. The van der Waals surface area contributed by atoms with Crippen molar-refractivity contribution in [2.45, 2.75) is 23.8 Å². The molecule has 5 nitrogen and oxygen atoms in total. The predicted molar refractivity (Wildman–Crippen MR) is 77.6 cm³/mol. The summed E-state index contributed by atoms with van der Waals surface area (Å²) in [6.45, 7) is 0.208. The molecule has 0 amide bonds. The summed E-state index contributed by atoms with van der Waals surface area (Å²) >= 11 is 9.06. The quantitative estimate of drug-likeness (QED) is 0.796. The Bertz CT molecular complexity index is 594. The number of halogens is 2. The molecule has 0 aromatic heterocycles. The van der Waals surface area contributed by atoms with Gasteiger partial charge in [0.1, 0.15) is 0 Å². The van der Waals surface area contributed by atoms with Crippen LogP contribution in [0.5, 0.6) is 0 Å². The van der Waals surface area contributed by atoms with Gasteiger partial charge in [-0.15, -0.1) is 0 Å². The largest absolute Gasteiger partial charge is 0.398 e. The summed E-state index contributed by atoms with van der Waals surface area (Å²) in [5.74, 6) is 0. The molecule has 0 saturated carbocycles. The Balaban J connectivity index is 2.51. The standard InChI is InChI=1S/C11H14BrClN2O3S/c12-11-9(14)4-7(13)5-10(11)19(17,18)15-3-1-2-8(15)6-16/h4-5,8,16H,1-3,6,14H2/t8-/m1/s1. The molecule has 0 bridgehead atoms. The van der Waals surface area contributed by atoms with Crippen LogP contribution in [0.4, 0.5) is 5.69 Å². The smallest absolute Gasteiger partial charge is 0.244 e. The summed E-state index contributed by atoms with van der Waals surface area (Å²) in [7, 11) is -3.71. The maximum atomic E-state index is 12.6. The van der Waals surface area contributed by atoms with E-state index in [1.165, 1.54) is 16.4 Å². The number of aliphatic hydroxyl groups is 1. The Labute approximate surface area is 125 Å². The average Bonchev–Trinajstić information content (AvgIpc) is 2.82. The minimum Gasteiger partial charge on any atom is -0.398 e. The second kappa shape index (κ2) is 5.57. The van der Waals surface area contributed by atoms with Gasteiger partial charge < -0.3 is 10.8 Å². The van der Waals surface area contributed by atoms with Gasteiger partial charge >= 0.3 is 0 Å². The van der Waals surface area contributed by atoms with Gasteiger partial charge in [0.25, 0.3) is 0 Å². The van der Waals surface area contributed by atoms with Crippen LogP contribution in [0.3, 0.4) is 0 Å². The Morgan fingerprint density at radius 2 is 2.21 bits per heavy atom. The Kier molecular flexibility index (Phi) is 4.42. The molecule has 8 heteroatoms. The number of rotatable bonds is 3. The lowest BCUT2D eigenvalue weighted by atomic mass is 10.2. The monoisotopic (exact) mass is 368 g/mol. The molecule has 1 aromatic carbocycles. The number of nitrogens with zero attached hydrogens (tertiary/aromatic N) is 1. The summed E-state index contributed by atoms with van der Waals surface area (Å²) in [4.78, 5) is 0.0397. The first-order valence-corrected chi connectivity index (χ1v) is 8.36. The van der Waals surface area contributed by atoms with Crippen molar-refractivity contribution in [1.82, 2.24) is 4.31 Å². The van der Waals surface area contributed by atoms with E-state index in [0.717, 1.165) is 6.42 Å². The number of benzene rings is 1. The number of sulfonamides is 1. The highest BCUT2D eigenvalue weighted by molar-refractivity contribution is 9.10. The van der Waals surface area contributed by atoms with E-state index in [4.69, 9.17) is 17.3 Å². The van der Waals surface area contributed by atoms with Crippen LogP contribution in [-0.2, 0) is 10.0 Å². The molecule has 0 spiro atoms. The SMILES string of the molecule is Nc1cc(Cl)cc(S(=O)(=O)N2CCC[C@@H]2CO)c1Br. The summed E-state index contributed by atoms with van der Waals surface area (Å²) in [5, 5.41) is 9.52. The van der Waals surface area contributed by atoms with Gasteiger partial charge in [-0.2, -0.15) is 4.31 Å². The van der Waals surface area contributed by atoms with E-state index in [1.54, 1.807) is 0 Å². The summed E-state index contributed by atoms with van der Waals surface area (Å²) < 4.78 is 26.8. The summed E-state index contributed by atoms with van der Waals surface area (Å²) in [6, 6.07) is 2.47.